The third kappa shape index (κ3) is 4.56. The molecule has 1 saturated carbocycles. The van der Waals surface area contributed by atoms with Crippen LogP contribution in [0.4, 0.5) is 0 Å². The maximum absolute atomic E-state index is 9.65. The fraction of sp³-hybridized carbons (Fsp3) is 0.895. The highest BCUT2D eigenvalue weighted by Gasteiger charge is 2.33. The molecule has 21 heavy (non-hydrogen) atoms. The van der Waals surface area contributed by atoms with Crippen molar-refractivity contribution in [3.63, 3.8) is 0 Å². The summed E-state index contributed by atoms with van der Waals surface area (Å²) in [5, 5.41) is 9.65. The highest BCUT2D eigenvalue weighted by atomic mass is 16.5. The lowest BCUT2D eigenvalue weighted by atomic mass is 9.68. The molecule has 2 nitrogen and oxygen atoms in total. The Labute approximate surface area is 131 Å². The summed E-state index contributed by atoms with van der Waals surface area (Å²) in [4.78, 5) is 0. The van der Waals surface area contributed by atoms with Crippen LogP contribution in [0, 0.1) is 23.7 Å². The average molecular weight is 294 g/mol. The smallest absolute Gasteiger partial charge is 0.0577 e. The quantitative estimate of drug-likeness (QED) is 0.753. The third-order valence-corrected chi connectivity index (χ3v) is 5.89. The van der Waals surface area contributed by atoms with Crippen molar-refractivity contribution in [3.05, 3.63) is 11.6 Å². The summed E-state index contributed by atoms with van der Waals surface area (Å²) >= 11 is 0. The highest BCUT2D eigenvalue weighted by molar-refractivity contribution is 5.10. The Hall–Kier alpha value is -0.340. The van der Waals surface area contributed by atoms with Crippen LogP contribution in [0.5, 0.6) is 0 Å². The summed E-state index contributed by atoms with van der Waals surface area (Å²) in [7, 11) is 1.87. The standard InChI is InChI=1S/C19H34O2/c1-13(2)19-10-9-18(21-4)12-16(19)11-14(3)15-5-7-17(20)8-6-15/h5,13-14,16-20H,6-12H2,1-4H3. The van der Waals surface area contributed by atoms with E-state index in [1.54, 1.807) is 5.57 Å². The molecule has 1 fully saturated rings. The van der Waals surface area contributed by atoms with Gasteiger partial charge >= 0.3 is 0 Å². The molecule has 0 heterocycles. The maximum atomic E-state index is 9.65. The van der Waals surface area contributed by atoms with Gasteiger partial charge in [-0.25, -0.2) is 0 Å². The van der Waals surface area contributed by atoms with Crippen LogP contribution in [0.15, 0.2) is 11.6 Å². The number of rotatable bonds is 5. The molecule has 122 valence electrons. The molecule has 0 aromatic heterocycles. The van der Waals surface area contributed by atoms with E-state index in [0.717, 1.165) is 37.0 Å². The predicted molar refractivity (Wildman–Crippen MR) is 88.2 cm³/mol. The van der Waals surface area contributed by atoms with Gasteiger partial charge in [0.05, 0.1) is 12.2 Å². The Bertz CT molecular complexity index is 347. The lowest BCUT2D eigenvalue weighted by Crippen LogP contribution is -2.33. The van der Waals surface area contributed by atoms with E-state index in [4.69, 9.17) is 4.74 Å². The van der Waals surface area contributed by atoms with E-state index in [-0.39, 0.29) is 6.10 Å². The Morgan fingerprint density at radius 3 is 2.57 bits per heavy atom. The first kappa shape index (κ1) is 17.0. The van der Waals surface area contributed by atoms with Crippen molar-refractivity contribution < 1.29 is 9.84 Å². The number of aliphatic hydroxyl groups is 1. The minimum atomic E-state index is -0.100. The van der Waals surface area contributed by atoms with Crippen LogP contribution in [-0.2, 0) is 4.74 Å². The average Bonchev–Trinajstić information content (AvgIpc) is 2.47. The molecule has 0 radical (unpaired) electrons. The molecule has 2 aliphatic rings. The molecule has 2 rings (SSSR count). The normalized spacial score (nSPS) is 35.6. The van der Waals surface area contributed by atoms with Crippen molar-refractivity contribution >= 4 is 0 Å². The van der Waals surface area contributed by atoms with Crippen LogP contribution >= 0.6 is 0 Å². The molecular formula is C19H34O2. The van der Waals surface area contributed by atoms with Gasteiger partial charge in [-0.15, -0.1) is 0 Å². The van der Waals surface area contributed by atoms with Crippen LogP contribution < -0.4 is 0 Å². The second kappa shape index (κ2) is 7.78. The molecule has 0 aromatic carbocycles. The second-order valence-corrected chi connectivity index (χ2v) is 7.68. The first-order chi connectivity index (χ1) is 10.0. The molecule has 5 unspecified atom stereocenters. The molecule has 2 heteroatoms. The van der Waals surface area contributed by atoms with Gasteiger partial charge in [0.15, 0.2) is 0 Å². The van der Waals surface area contributed by atoms with Gasteiger partial charge in [-0.05, 0) is 68.6 Å². The van der Waals surface area contributed by atoms with E-state index in [1.165, 1.54) is 25.7 Å². The van der Waals surface area contributed by atoms with Crippen molar-refractivity contribution in [1.29, 1.82) is 0 Å². The molecule has 0 bridgehead atoms. The summed E-state index contributed by atoms with van der Waals surface area (Å²) in [6.45, 7) is 7.15. The molecular weight excluding hydrogens is 260 g/mol. The van der Waals surface area contributed by atoms with Gasteiger partial charge in [0.1, 0.15) is 0 Å². The van der Waals surface area contributed by atoms with E-state index >= 15 is 0 Å². The SMILES string of the molecule is COC1CCC(C(C)C)C(CC(C)C2=CCC(O)CC2)C1. The van der Waals surface area contributed by atoms with Crippen LogP contribution in [-0.4, -0.2) is 24.4 Å². The van der Waals surface area contributed by atoms with Gasteiger partial charge in [-0.3, -0.25) is 0 Å². The van der Waals surface area contributed by atoms with Gasteiger partial charge < -0.3 is 9.84 Å². The first-order valence-electron chi connectivity index (χ1n) is 8.91. The number of hydrogen-bond acceptors (Lipinski definition) is 2. The van der Waals surface area contributed by atoms with E-state index in [9.17, 15) is 5.11 Å². The minimum Gasteiger partial charge on any atom is -0.393 e. The lowest BCUT2D eigenvalue weighted by Gasteiger charge is -2.39. The molecule has 0 saturated heterocycles. The maximum Gasteiger partial charge on any atom is 0.0577 e. The Morgan fingerprint density at radius 1 is 1.24 bits per heavy atom. The van der Waals surface area contributed by atoms with Crippen LogP contribution in [0.2, 0.25) is 0 Å². The zero-order valence-electron chi connectivity index (χ0n) is 14.3. The topological polar surface area (TPSA) is 29.5 Å². The molecule has 1 N–H and O–H groups in total. The van der Waals surface area contributed by atoms with Crippen LogP contribution in [0.1, 0.15) is 65.7 Å². The van der Waals surface area contributed by atoms with E-state index < -0.39 is 0 Å². The van der Waals surface area contributed by atoms with Gasteiger partial charge in [-0.2, -0.15) is 0 Å². The minimum absolute atomic E-state index is 0.100. The van der Waals surface area contributed by atoms with Gasteiger partial charge in [0.25, 0.3) is 0 Å². The number of allylic oxidation sites excluding steroid dienone is 1. The van der Waals surface area contributed by atoms with Crippen molar-refractivity contribution in [2.45, 2.75) is 77.9 Å². The molecule has 0 aromatic rings. The first-order valence-corrected chi connectivity index (χ1v) is 8.91. The number of hydrogen-bond donors (Lipinski definition) is 1. The van der Waals surface area contributed by atoms with Crippen molar-refractivity contribution in [3.8, 4) is 0 Å². The number of ether oxygens (including phenoxy) is 1. The largest absolute Gasteiger partial charge is 0.393 e. The Kier molecular flexibility index (Phi) is 6.31. The zero-order chi connectivity index (χ0) is 15.4. The van der Waals surface area contributed by atoms with Crippen molar-refractivity contribution in [2.75, 3.05) is 7.11 Å². The Balaban J connectivity index is 1.97. The van der Waals surface area contributed by atoms with E-state index in [1.807, 2.05) is 7.11 Å². The molecule has 0 spiro atoms. The fourth-order valence-corrected chi connectivity index (χ4v) is 4.50. The molecule has 2 aliphatic carbocycles. The van der Waals surface area contributed by atoms with Crippen LogP contribution in [0.3, 0.4) is 0 Å². The number of methoxy groups -OCH3 is 1. The summed E-state index contributed by atoms with van der Waals surface area (Å²) in [5.41, 5.74) is 1.59. The lowest BCUT2D eigenvalue weighted by molar-refractivity contribution is 0.0119. The van der Waals surface area contributed by atoms with Crippen LogP contribution in [0.25, 0.3) is 0 Å². The van der Waals surface area contributed by atoms with E-state index in [2.05, 4.69) is 26.8 Å². The fourth-order valence-electron chi connectivity index (χ4n) is 4.50. The molecule has 5 atom stereocenters. The molecule has 0 aliphatic heterocycles. The van der Waals surface area contributed by atoms with E-state index in [0.29, 0.717) is 12.0 Å². The highest BCUT2D eigenvalue weighted by Crippen LogP contribution is 2.41. The second-order valence-electron chi connectivity index (χ2n) is 7.68. The summed E-state index contributed by atoms with van der Waals surface area (Å²) in [5.74, 6) is 3.10. The summed E-state index contributed by atoms with van der Waals surface area (Å²) < 4.78 is 5.64. The summed E-state index contributed by atoms with van der Waals surface area (Å²) in [6, 6.07) is 0. The number of aliphatic hydroxyl groups excluding tert-OH is 1. The Morgan fingerprint density at radius 2 is 2.00 bits per heavy atom. The predicted octanol–water partition coefficient (Wildman–Crippen LogP) is 4.57. The summed E-state index contributed by atoms with van der Waals surface area (Å²) in [6.07, 6.45) is 10.7. The third-order valence-electron chi connectivity index (χ3n) is 5.89. The van der Waals surface area contributed by atoms with Crippen molar-refractivity contribution in [2.24, 2.45) is 23.7 Å². The zero-order valence-corrected chi connectivity index (χ0v) is 14.3. The monoisotopic (exact) mass is 294 g/mol. The van der Waals surface area contributed by atoms with Gasteiger partial charge in [-0.1, -0.05) is 32.4 Å². The van der Waals surface area contributed by atoms with Crippen molar-refractivity contribution in [1.82, 2.24) is 0 Å². The van der Waals surface area contributed by atoms with Gasteiger partial charge in [0, 0.05) is 7.11 Å². The molecule has 0 amide bonds. The van der Waals surface area contributed by atoms with Gasteiger partial charge in [0.2, 0.25) is 0 Å².